The second-order valence-electron chi connectivity index (χ2n) is 5.09. The van der Waals surface area contributed by atoms with Gasteiger partial charge in [-0.05, 0) is 37.5 Å². The van der Waals surface area contributed by atoms with Gasteiger partial charge in [0.25, 0.3) is 0 Å². The summed E-state index contributed by atoms with van der Waals surface area (Å²) in [7, 11) is 0. The van der Waals surface area contributed by atoms with Crippen molar-refractivity contribution in [3.05, 3.63) is 35.9 Å². The van der Waals surface area contributed by atoms with Crippen LogP contribution in [0, 0.1) is 0 Å². The third kappa shape index (κ3) is 4.01. The minimum atomic E-state index is -0.0706. The van der Waals surface area contributed by atoms with Gasteiger partial charge in [-0.3, -0.25) is 0 Å². The first-order valence-electron chi connectivity index (χ1n) is 6.77. The molecule has 1 aliphatic carbocycles. The summed E-state index contributed by atoms with van der Waals surface area (Å²) in [6.07, 6.45) is 6.16. The van der Waals surface area contributed by atoms with Gasteiger partial charge in [-0.1, -0.05) is 30.3 Å². The van der Waals surface area contributed by atoms with Gasteiger partial charge in [-0.15, -0.1) is 0 Å². The molecule has 1 aromatic rings. The van der Waals surface area contributed by atoms with Crippen molar-refractivity contribution in [2.24, 2.45) is 0 Å². The van der Waals surface area contributed by atoms with Crippen molar-refractivity contribution in [3.8, 4) is 0 Å². The number of hydrogen-bond donors (Lipinski definition) is 2. The molecule has 3 heteroatoms. The molecule has 0 saturated heterocycles. The maximum atomic E-state index is 9.55. The van der Waals surface area contributed by atoms with Crippen LogP contribution in [0.5, 0.6) is 0 Å². The van der Waals surface area contributed by atoms with Crippen LogP contribution in [0.1, 0.15) is 37.3 Å². The van der Waals surface area contributed by atoms with E-state index in [1.54, 1.807) is 0 Å². The first-order chi connectivity index (χ1) is 8.79. The molecule has 0 spiro atoms. The number of nitrogens with one attached hydrogen (secondary N) is 1. The summed E-state index contributed by atoms with van der Waals surface area (Å²) in [5.41, 5.74) is 1.37. The summed E-state index contributed by atoms with van der Waals surface area (Å²) >= 11 is 1.88. The van der Waals surface area contributed by atoms with Gasteiger partial charge < -0.3 is 10.4 Å². The number of thioether (sulfide) groups is 1. The Kier molecular flexibility index (Phi) is 5.54. The van der Waals surface area contributed by atoms with E-state index < -0.39 is 0 Å². The molecule has 100 valence electrons. The molecule has 0 aliphatic heterocycles. The molecule has 0 heterocycles. The molecule has 2 rings (SSSR count). The number of rotatable bonds is 5. The number of hydrogen-bond acceptors (Lipinski definition) is 3. The van der Waals surface area contributed by atoms with Crippen LogP contribution < -0.4 is 5.32 Å². The van der Waals surface area contributed by atoms with E-state index in [9.17, 15) is 5.11 Å². The molecule has 1 atom stereocenters. The molecule has 1 aromatic carbocycles. The normalized spacial score (nSPS) is 25.9. The molecule has 2 nitrogen and oxygen atoms in total. The molecule has 1 aliphatic rings. The maximum Gasteiger partial charge on any atom is 0.0541 e. The Balaban J connectivity index is 1.94. The van der Waals surface area contributed by atoms with Crippen molar-refractivity contribution in [1.29, 1.82) is 0 Å². The Hall–Kier alpha value is -0.510. The van der Waals surface area contributed by atoms with Crippen molar-refractivity contribution in [3.63, 3.8) is 0 Å². The molecule has 18 heavy (non-hydrogen) atoms. The fourth-order valence-corrected chi connectivity index (χ4v) is 3.24. The number of benzene rings is 1. The zero-order valence-electron chi connectivity index (χ0n) is 11.0. The molecule has 0 aromatic heterocycles. The van der Waals surface area contributed by atoms with Crippen LogP contribution in [0.15, 0.2) is 30.3 Å². The largest absolute Gasteiger partial charge is 0.393 e. The average Bonchev–Trinajstić information content (AvgIpc) is 2.42. The third-order valence-electron chi connectivity index (χ3n) is 3.67. The zero-order valence-corrected chi connectivity index (χ0v) is 11.8. The lowest BCUT2D eigenvalue weighted by molar-refractivity contribution is 0.115. The number of aliphatic hydroxyl groups is 1. The van der Waals surface area contributed by atoms with Crippen LogP contribution in [0.2, 0.25) is 0 Å². The molecule has 0 amide bonds. The summed E-state index contributed by atoms with van der Waals surface area (Å²) in [6, 6.07) is 11.7. The van der Waals surface area contributed by atoms with Gasteiger partial charge in [0.15, 0.2) is 0 Å². The second kappa shape index (κ2) is 7.17. The minimum Gasteiger partial charge on any atom is -0.393 e. The van der Waals surface area contributed by atoms with E-state index in [1.807, 2.05) is 11.8 Å². The molecule has 1 fully saturated rings. The summed E-state index contributed by atoms with van der Waals surface area (Å²) in [6.45, 7) is 0. The molecule has 2 N–H and O–H groups in total. The van der Waals surface area contributed by atoms with Crippen molar-refractivity contribution in [2.45, 2.75) is 43.9 Å². The second-order valence-corrected chi connectivity index (χ2v) is 6.00. The van der Waals surface area contributed by atoms with Gasteiger partial charge in [0.05, 0.1) is 6.10 Å². The lowest BCUT2D eigenvalue weighted by Crippen LogP contribution is -2.38. The van der Waals surface area contributed by atoms with Crippen molar-refractivity contribution >= 4 is 11.8 Å². The topological polar surface area (TPSA) is 32.3 Å². The van der Waals surface area contributed by atoms with E-state index >= 15 is 0 Å². The van der Waals surface area contributed by atoms with Crippen molar-refractivity contribution in [1.82, 2.24) is 5.32 Å². The monoisotopic (exact) mass is 265 g/mol. The van der Waals surface area contributed by atoms with E-state index in [-0.39, 0.29) is 6.10 Å². The fraction of sp³-hybridized carbons (Fsp3) is 0.600. The van der Waals surface area contributed by atoms with Crippen LogP contribution in [-0.4, -0.2) is 29.3 Å². The maximum absolute atomic E-state index is 9.55. The number of aliphatic hydroxyl groups excluding tert-OH is 1. The highest BCUT2D eigenvalue weighted by atomic mass is 32.2. The quantitative estimate of drug-likeness (QED) is 0.858. The fourth-order valence-electron chi connectivity index (χ4n) is 2.62. The van der Waals surface area contributed by atoms with Gasteiger partial charge >= 0.3 is 0 Å². The van der Waals surface area contributed by atoms with Gasteiger partial charge in [-0.2, -0.15) is 11.8 Å². The summed E-state index contributed by atoms with van der Waals surface area (Å²) < 4.78 is 0. The van der Waals surface area contributed by atoms with Gasteiger partial charge in [0.1, 0.15) is 0 Å². The van der Waals surface area contributed by atoms with Gasteiger partial charge in [0, 0.05) is 17.8 Å². The Morgan fingerprint density at radius 1 is 1.22 bits per heavy atom. The lowest BCUT2D eigenvalue weighted by atomic mass is 9.92. The highest BCUT2D eigenvalue weighted by Gasteiger charge is 2.22. The van der Waals surface area contributed by atoms with Crippen LogP contribution in [0.25, 0.3) is 0 Å². The van der Waals surface area contributed by atoms with E-state index in [4.69, 9.17) is 0 Å². The first-order valence-corrected chi connectivity index (χ1v) is 8.17. The van der Waals surface area contributed by atoms with Crippen LogP contribution in [-0.2, 0) is 0 Å². The Labute approximate surface area is 114 Å². The predicted octanol–water partition coefficient (Wildman–Crippen LogP) is 2.98. The predicted molar refractivity (Wildman–Crippen MR) is 79.0 cm³/mol. The summed E-state index contributed by atoms with van der Waals surface area (Å²) in [4.78, 5) is 0. The highest BCUT2D eigenvalue weighted by molar-refractivity contribution is 7.98. The van der Waals surface area contributed by atoms with Gasteiger partial charge in [0.2, 0.25) is 0 Å². The van der Waals surface area contributed by atoms with E-state index in [0.29, 0.717) is 12.1 Å². The van der Waals surface area contributed by atoms with E-state index in [0.717, 1.165) is 31.4 Å². The highest BCUT2D eigenvalue weighted by Crippen LogP contribution is 2.23. The third-order valence-corrected chi connectivity index (χ3v) is 4.34. The summed E-state index contributed by atoms with van der Waals surface area (Å²) in [5, 5.41) is 13.3. The Morgan fingerprint density at radius 3 is 2.50 bits per heavy atom. The molecular weight excluding hydrogens is 242 g/mol. The summed E-state index contributed by atoms with van der Waals surface area (Å²) in [5.74, 6) is 1.10. The standard InChI is InChI=1S/C15H23NOS/c1-18-11-15(12-5-3-2-4-6-12)16-13-7-9-14(17)10-8-13/h2-6,13-17H,7-11H2,1H3. The molecular formula is C15H23NOS. The molecule has 0 bridgehead atoms. The first kappa shape index (κ1) is 13.9. The van der Waals surface area contributed by atoms with Crippen LogP contribution >= 0.6 is 11.8 Å². The van der Waals surface area contributed by atoms with Crippen LogP contribution in [0.3, 0.4) is 0 Å². The van der Waals surface area contributed by atoms with Gasteiger partial charge in [-0.25, -0.2) is 0 Å². The van der Waals surface area contributed by atoms with Crippen LogP contribution in [0.4, 0.5) is 0 Å². The Morgan fingerprint density at radius 2 is 1.89 bits per heavy atom. The SMILES string of the molecule is CSCC(NC1CCC(O)CC1)c1ccccc1. The van der Waals surface area contributed by atoms with E-state index in [2.05, 4.69) is 41.9 Å². The molecule has 1 unspecified atom stereocenters. The molecule has 1 saturated carbocycles. The zero-order chi connectivity index (χ0) is 12.8. The lowest BCUT2D eigenvalue weighted by Gasteiger charge is -2.30. The van der Waals surface area contributed by atoms with E-state index in [1.165, 1.54) is 5.56 Å². The minimum absolute atomic E-state index is 0.0706. The van der Waals surface area contributed by atoms with Crippen molar-refractivity contribution in [2.75, 3.05) is 12.0 Å². The smallest absolute Gasteiger partial charge is 0.0541 e. The van der Waals surface area contributed by atoms with Crippen molar-refractivity contribution < 1.29 is 5.11 Å². The molecule has 0 radical (unpaired) electrons. The Bertz CT molecular complexity index is 336. The average molecular weight is 265 g/mol.